The first-order valence-electron chi connectivity index (χ1n) is 5.50. The minimum absolute atomic E-state index is 0.194. The van der Waals surface area contributed by atoms with Crippen LogP contribution in [0, 0.1) is 10.8 Å². The molecule has 0 bridgehead atoms. The van der Waals surface area contributed by atoms with Crippen LogP contribution in [0.15, 0.2) is 0 Å². The third-order valence-corrected chi connectivity index (χ3v) is 2.55. The van der Waals surface area contributed by atoms with Crippen molar-refractivity contribution in [3.8, 4) is 0 Å². The Labute approximate surface area is 89.3 Å². The molecule has 0 aliphatic heterocycles. The van der Waals surface area contributed by atoms with Gasteiger partial charge in [0.2, 0.25) is 6.41 Å². The van der Waals surface area contributed by atoms with Crippen LogP contribution in [0.25, 0.3) is 0 Å². The summed E-state index contributed by atoms with van der Waals surface area (Å²) in [5.74, 6) is 0. The SMILES string of the molecule is BCCC(C)(C)CC(C)(C)CNC=O. The Bertz CT molecular complexity index is 178. The summed E-state index contributed by atoms with van der Waals surface area (Å²) in [5.41, 5.74) is 0.572. The van der Waals surface area contributed by atoms with Crippen molar-refractivity contribution in [1.29, 1.82) is 0 Å². The van der Waals surface area contributed by atoms with Crippen molar-refractivity contribution in [3.63, 3.8) is 0 Å². The van der Waals surface area contributed by atoms with Gasteiger partial charge >= 0.3 is 0 Å². The Morgan fingerprint density at radius 3 is 2.21 bits per heavy atom. The van der Waals surface area contributed by atoms with Crippen molar-refractivity contribution in [2.24, 2.45) is 10.8 Å². The summed E-state index contributed by atoms with van der Waals surface area (Å²) in [6, 6.07) is 0. The number of nitrogens with one attached hydrogen (secondary N) is 1. The minimum Gasteiger partial charge on any atom is -0.358 e. The molecule has 0 aliphatic rings. The van der Waals surface area contributed by atoms with E-state index in [9.17, 15) is 4.79 Å². The zero-order valence-electron chi connectivity index (χ0n) is 10.3. The van der Waals surface area contributed by atoms with Crippen LogP contribution in [-0.2, 0) is 4.79 Å². The Morgan fingerprint density at radius 2 is 1.79 bits per heavy atom. The van der Waals surface area contributed by atoms with Gasteiger partial charge in [0.25, 0.3) is 0 Å². The zero-order chi connectivity index (χ0) is 11.2. The summed E-state index contributed by atoms with van der Waals surface area (Å²) < 4.78 is 0. The first-order valence-corrected chi connectivity index (χ1v) is 5.50. The zero-order valence-corrected chi connectivity index (χ0v) is 10.3. The van der Waals surface area contributed by atoms with E-state index in [0.717, 1.165) is 19.4 Å². The fourth-order valence-corrected chi connectivity index (χ4v) is 2.44. The molecule has 1 N–H and O–H groups in total. The van der Waals surface area contributed by atoms with Crippen molar-refractivity contribution < 1.29 is 4.79 Å². The average Bonchev–Trinajstić information content (AvgIpc) is 1.98. The quantitative estimate of drug-likeness (QED) is 0.487. The van der Waals surface area contributed by atoms with E-state index in [1.807, 2.05) is 0 Å². The van der Waals surface area contributed by atoms with Crippen molar-refractivity contribution in [2.75, 3.05) is 6.54 Å². The Morgan fingerprint density at radius 1 is 1.21 bits per heavy atom. The van der Waals surface area contributed by atoms with E-state index in [1.54, 1.807) is 0 Å². The van der Waals surface area contributed by atoms with Gasteiger partial charge in [-0.15, -0.1) is 0 Å². The molecule has 0 aromatic rings. The van der Waals surface area contributed by atoms with Gasteiger partial charge in [-0.2, -0.15) is 0 Å². The Balaban J connectivity index is 4.11. The molecule has 0 saturated heterocycles. The molecular weight excluding hydrogens is 173 g/mol. The predicted molar refractivity (Wildman–Crippen MR) is 64.2 cm³/mol. The molecular formula is C11H24BNO. The maximum absolute atomic E-state index is 10.2. The Hall–Kier alpha value is -0.465. The molecule has 2 nitrogen and oxygen atoms in total. The van der Waals surface area contributed by atoms with Crippen LogP contribution in [0.3, 0.4) is 0 Å². The van der Waals surface area contributed by atoms with Crippen LogP contribution >= 0.6 is 0 Å². The first kappa shape index (κ1) is 13.5. The molecule has 0 atom stereocenters. The summed E-state index contributed by atoms with van der Waals surface area (Å²) in [5, 5.41) is 2.77. The molecule has 3 heteroatoms. The van der Waals surface area contributed by atoms with Crippen LogP contribution < -0.4 is 5.32 Å². The normalized spacial score (nSPS) is 12.6. The van der Waals surface area contributed by atoms with Crippen LogP contribution in [0.1, 0.15) is 40.5 Å². The lowest BCUT2D eigenvalue weighted by molar-refractivity contribution is -0.110. The van der Waals surface area contributed by atoms with Crippen molar-refractivity contribution in [1.82, 2.24) is 5.32 Å². The van der Waals surface area contributed by atoms with E-state index in [4.69, 9.17) is 0 Å². The molecule has 14 heavy (non-hydrogen) atoms. The molecule has 0 rings (SSSR count). The molecule has 0 fully saturated rings. The Kier molecular flexibility index (Phi) is 5.24. The van der Waals surface area contributed by atoms with Gasteiger partial charge in [-0.05, 0) is 17.3 Å². The largest absolute Gasteiger partial charge is 0.358 e. The molecule has 0 unspecified atom stereocenters. The topological polar surface area (TPSA) is 29.1 Å². The smallest absolute Gasteiger partial charge is 0.207 e. The summed E-state index contributed by atoms with van der Waals surface area (Å²) in [4.78, 5) is 10.2. The number of hydrogen-bond acceptors (Lipinski definition) is 1. The second-order valence-corrected chi connectivity index (χ2v) is 5.75. The van der Waals surface area contributed by atoms with Gasteiger partial charge in [-0.3, -0.25) is 4.79 Å². The van der Waals surface area contributed by atoms with Crippen LogP contribution in [0.2, 0.25) is 6.32 Å². The molecule has 0 radical (unpaired) electrons. The van der Waals surface area contributed by atoms with E-state index in [-0.39, 0.29) is 5.41 Å². The predicted octanol–water partition coefficient (Wildman–Crippen LogP) is 1.62. The fourth-order valence-electron chi connectivity index (χ4n) is 2.44. The molecule has 0 aromatic carbocycles. The first-order chi connectivity index (χ1) is 6.33. The third-order valence-electron chi connectivity index (χ3n) is 2.55. The lowest BCUT2D eigenvalue weighted by Crippen LogP contribution is -2.33. The molecule has 82 valence electrons. The van der Waals surface area contributed by atoms with E-state index >= 15 is 0 Å². The maximum Gasteiger partial charge on any atom is 0.207 e. The van der Waals surface area contributed by atoms with Gasteiger partial charge in [0.15, 0.2) is 0 Å². The molecule has 0 heterocycles. The van der Waals surface area contributed by atoms with E-state index in [1.165, 1.54) is 12.7 Å². The lowest BCUT2D eigenvalue weighted by atomic mass is 9.71. The second-order valence-electron chi connectivity index (χ2n) is 5.75. The van der Waals surface area contributed by atoms with Gasteiger partial charge < -0.3 is 5.32 Å². The van der Waals surface area contributed by atoms with Crippen molar-refractivity contribution in [3.05, 3.63) is 0 Å². The average molecular weight is 197 g/mol. The number of carbonyl (C=O) groups excluding carboxylic acids is 1. The molecule has 0 aromatic heterocycles. The number of rotatable bonds is 7. The minimum atomic E-state index is 0.194. The van der Waals surface area contributed by atoms with Gasteiger partial charge in [0.05, 0.1) is 0 Å². The number of hydrogen-bond donors (Lipinski definition) is 1. The summed E-state index contributed by atoms with van der Waals surface area (Å²) in [7, 11) is 2.22. The van der Waals surface area contributed by atoms with Gasteiger partial charge in [-0.1, -0.05) is 40.4 Å². The molecule has 1 amide bonds. The highest BCUT2D eigenvalue weighted by Crippen LogP contribution is 2.36. The van der Waals surface area contributed by atoms with Crippen LogP contribution in [0.4, 0.5) is 0 Å². The van der Waals surface area contributed by atoms with E-state index in [2.05, 4.69) is 40.9 Å². The van der Waals surface area contributed by atoms with Gasteiger partial charge in [0, 0.05) is 6.54 Å². The highest BCUT2D eigenvalue weighted by Gasteiger charge is 2.27. The van der Waals surface area contributed by atoms with Gasteiger partial charge in [-0.25, -0.2) is 0 Å². The van der Waals surface area contributed by atoms with Crippen molar-refractivity contribution in [2.45, 2.75) is 46.9 Å². The summed E-state index contributed by atoms with van der Waals surface area (Å²) in [6.45, 7) is 9.80. The highest BCUT2D eigenvalue weighted by atomic mass is 16.1. The number of amides is 1. The third kappa shape index (κ3) is 6.06. The standard InChI is InChI=1S/C11H24BNO/c1-10(2,5-6-12)7-11(3,4)8-13-9-14/h9H,5-8,12H2,1-4H3,(H,13,14). The van der Waals surface area contributed by atoms with Crippen molar-refractivity contribution >= 4 is 14.3 Å². The van der Waals surface area contributed by atoms with Crippen LogP contribution in [-0.4, -0.2) is 20.8 Å². The summed E-state index contributed by atoms with van der Waals surface area (Å²) >= 11 is 0. The monoisotopic (exact) mass is 197 g/mol. The number of carbonyl (C=O) groups is 1. The van der Waals surface area contributed by atoms with Gasteiger partial charge in [0.1, 0.15) is 7.85 Å². The lowest BCUT2D eigenvalue weighted by Gasteiger charge is -2.34. The van der Waals surface area contributed by atoms with E-state index < -0.39 is 0 Å². The molecule has 0 aliphatic carbocycles. The maximum atomic E-state index is 10.2. The fraction of sp³-hybridized carbons (Fsp3) is 0.909. The van der Waals surface area contributed by atoms with E-state index in [0.29, 0.717) is 5.41 Å². The molecule has 0 spiro atoms. The van der Waals surface area contributed by atoms with Crippen LogP contribution in [0.5, 0.6) is 0 Å². The highest BCUT2D eigenvalue weighted by molar-refractivity contribution is 6.08. The second kappa shape index (κ2) is 5.42. The summed E-state index contributed by atoms with van der Waals surface area (Å²) in [6.07, 6.45) is 4.41. The molecule has 0 saturated carbocycles.